The molecule has 2 aromatic carbocycles. The third kappa shape index (κ3) is 4.19. The van der Waals surface area contributed by atoms with Gasteiger partial charge in [0, 0.05) is 42.0 Å². The van der Waals surface area contributed by atoms with Crippen molar-refractivity contribution in [1.82, 2.24) is 0 Å². The zero-order chi connectivity index (χ0) is 26.6. The van der Waals surface area contributed by atoms with Crippen LogP contribution < -0.4 is 10.5 Å². The highest BCUT2D eigenvalue weighted by Crippen LogP contribution is 2.43. The number of aliphatic hydroxyl groups is 3. The van der Waals surface area contributed by atoms with Crippen molar-refractivity contribution in [1.29, 1.82) is 0 Å². The molecule has 3 aliphatic rings. The average molecular weight is 512 g/mol. The van der Waals surface area contributed by atoms with Crippen LogP contribution in [0.2, 0.25) is 0 Å². The van der Waals surface area contributed by atoms with E-state index in [1.54, 1.807) is 31.2 Å². The minimum atomic E-state index is -1.95. The highest BCUT2D eigenvalue weighted by Gasteiger charge is 2.46. The number of ether oxygens (including phenoxy) is 3. The van der Waals surface area contributed by atoms with Gasteiger partial charge in [-0.05, 0) is 36.2 Å². The highest BCUT2D eigenvalue weighted by atomic mass is 16.7. The molecule has 6 atom stereocenters. The summed E-state index contributed by atoms with van der Waals surface area (Å²) in [6.45, 7) is 0.786. The van der Waals surface area contributed by atoms with E-state index in [1.165, 1.54) is 13.2 Å². The molecule has 5 rings (SSSR count). The fraction of sp³-hybridized carbons (Fsp3) is 0.444. The van der Waals surface area contributed by atoms with E-state index in [0.29, 0.717) is 11.1 Å². The summed E-state index contributed by atoms with van der Waals surface area (Å²) in [6, 6.07) is 7.26. The van der Waals surface area contributed by atoms with Crippen molar-refractivity contribution >= 4 is 17.3 Å². The summed E-state index contributed by atoms with van der Waals surface area (Å²) in [5, 5.41) is 30.8. The minimum Gasteiger partial charge on any atom is -0.496 e. The lowest BCUT2D eigenvalue weighted by atomic mass is 9.73. The molecule has 1 aliphatic heterocycles. The van der Waals surface area contributed by atoms with Gasteiger partial charge >= 0.3 is 0 Å². The molecule has 10 nitrogen and oxygen atoms in total. The maximum Gasteiger partial charge on any atom is 0.198 e. The van der Waals surface area contributed by atoms with Gasteiger partial charge in [-0.2, -0.15) is 0 Å². The molecule has 0 bridgehead atoms. The van der Waals surface area contributed by atoms with Gasteiger partial charge in [0.05, 0.1) is 31.0 Å². The van der Waals surface area contributed by atoms with Crippen LogP contribution in [0.1, 0.15) is 68.8 Å². The second-order valence-electron chi connectivity index (χ2n) is 9.92. The Morgan fingerprint density at radius 1 is 1.19 bits per heavy atom. The fourth-order valence-corrected chi connectivity index (χ4v) is 5.54. The largest absolute Gasteiger partial charge is 0.496 e. The number of methoxy groups -OCH3 is 1. The monoisotopic (exact) mass is 511 g/mol. The van der Waals surface area contributed by atoms with Gasteiger partial charge in [0.1, 0.15) is 18.0 Å². The molecule has 1 saturated heterocycles. The van der Waals surface area contributed by atoms with Crippen LogP contribution in [0.15, 0.2) is 30.3 Å². The number of aliphatic hydroxyl groups excluding tert-OH is 2. The smallest absolute Gasteiger partial charge is 0.198 e. The molecule has 0 saturated carbocycles. The Bertz CT molecular complexity index is 1280. The van der Waals surface area contributed by atoms with E-state index in [-0.39, 0.29) is 58.8 Å². The van der Waals surface area contributed by atoms with Crippen molar-refractivity contribution in [3.63, 3.8) is 0 Å². The van der Waals surface area contributed by atoms with E-state index in [9.17, 15) is 29.7 Å². The third-order valence-corrected chi connectivity index (χ3v) is 7.57. The number of carbonyl (C=O) groups is 3. The maximum atomic E-state index is 13.5. The van der Waals surface area contributed by atoms with Gasteiger partial charge in [0.15, 0.2) is 23.6 Å². The molecule has 0 aromatic heterocycles. The number of fused-ring (bicyclic) bond motifs is 3. The zero-order valence-electron chi connectivity index (χ0n) is 20.5. The average Bonchev–Trinajstić information content (AvgIpc) is 2.88. The second kappa shape index (κ2) is 9.39. The summed E-state index contributed by atoms with van der Waals surface area (Å²) in [5.41, 5.74) is 5.74. The number of hydrogen-bond acceptors (Lipinski definition) is 10. The SMILES string of the molecule is COc1cccc2c1C(=O)c1cc3c(cc1C2=O)C[C@@](O)(C(=O)CO)C[C@@H]3OC1CC(N)C(O)C(C)O1. The van der Waals surface area contributed by atoms with Gasteiger partial charge in [0.2, 0.25) is 0 Å². The molecule has 1 heterocycles. The molecule has 0 radical (unpaired) electrons. The Morgan fingerprint density at radius 3 is 2.59 bits per heavy atom. The van der Waals surface area contributed by atoms with E-state index >= 15 is 0 Å². The Balaban J connectivity index is 1.59. The Labute approximate surface area is 212 Å². The molecule has 10 heteroatoms. The van der Waals surface area contributed by atoms with Gasteiger partial charge in [-0.3, -0.25) is 14.4 Å². The summed E-state index contributed by atoms with van der Waals surface area (Å²) in [7, 11) is 1.42. The zero-order valence-corrected chi connectivity index (χ0v) is 20.5. The van der Waals surface area contributed by atoms with Crippen molar-refractivity contribution < 1.29 is 43.9 Å². The number of carbonyl (C=O) groups excluding carboxylic acids is 3. The Hall–Kier alpha value is -2.99. The normalized spacial score (nSPS) is 30.8. The Morgan fingerprint density at radius 2 is 1.92 bits per heavy atom. The van der Waals surface area contributed by atoms with E-state index in [2.05, 4.69) is 0 Å². The number of ketones is 3. The number of benzene rings is 2. The fourth-order valence-electron chi connectivity index (χ4n) is 5.54. The van der Waals surface area contributed by atoms with E-state index in [0.717, 1.165) is 0 Å². The predicted molar refractivity (Wildman–Crippen MR) is 128 cm³/mol. The molecule has 2 aromatic rings. The molecular weight excluding hydrogens is 482 g/mol. The van der Waals surface area contributed by atoms with Crippen LogP contribution in [0.4, 0.5) is 0 Å². The molecule has 196 valence electrons. The molecule has 0 amide bonds. The van der Waals surface area contributed by atoms with Crippen LogP contribution in [0.3, 0.4) is 0 Å². The number of rotatable bonds is 5. The lowest BCUT2D eigenvalue weighted by molar-refractivity contribution is -0.247. The summed E-state index contributed by atoms with van der Waals surface area (Å²) >= 11 is 0. The van der Waals surface area contributed by atoms with E-state index < -0.39 is 48.6 Å². The van der Waals surface area contributed by atoms with Crippen LogP contribution in [0, 0.1) is 0 Å². The maximum absolute atomic E-state index is 13.5. The van der Waals surface area contributed by atoms with Crippen molar-refractivity contribution in [3.05, 3.63) is 63.7 Å². The second-order valence-corrected chi connectivity index (χ2v) is 9.92. The first-order chi connectivity index (χ1) is 17.6. The molecular formula is C27H29NO9. The Kier molecular flexibility index (Phi) is 6.51. The summed E-state index contributed by atoms with van der Waals surface area (Å²) in [6.07, 6.45) is -3.47. The van der Waals surface area contributed by atoms with Gasteiger partial charge in [-0.25, -0.2) is 0 Å². The van der Waals surface area contributed by atoms with Crippen LogP contribution in [-0.4, -0.2) is 76.5 Å². The van der Waals surface area contributed by atoms with Crippen LogP contribution in [-0.2, 0) is 20.7 Å². The predicted octanol–water partition coefficient (Wildman–Crippen LogP) is 0.590. The summed E-state index contributed by atoms with van der Waals surface area (Å²) in [5.74, 6) is -1.27. The van der Waals surface area contributed by atoms with Gasteiger partial charge in [-0.15, -0.1) is 0 Å². The van der Waals surface area contributed by atoms with Crippen molar-refractivity contribution in [2.24, 2.45) is 5.73 Å². The molecule has 37 heavy (non-hydrogen) atoms. The summed E-state index contributed by atoms with van der Waals surface area (Å²) < 4.78 is 17.3. The first kappa shape index (κ1) is 25.7. The molecule has 2 aliphatic carbocycles. The van der Waals surface area contributed by atoms with Gasteiger partial charge < -0.3 is 35.3 Å². The van der Waals surface area contributed by atoms with Crippen molar-refractivity contribution in [3.8, 4) is 5.75 Å². The van der Waals surface area contributed by atoms with Crippen molar-refractivity contribution in [2.75, 3.05) is 13.7 Å². The number of Topliss-reactive ketones (excluding diaryl/α,β-unsaturated/α-hetero) is 1. The minimum absolute atomic E-state index is 0.150. The first-order valence-corrected chi connectivity index (χ1v) is 12.1. The highest BCUT2D eigenvalue weighted by molar-refractivity contribution is 6.29. The van der Waals surface area contributed by atoms with Crippen molar-refractivity contribution in [2.45, 2.75) is 62.4 Å². The van der Waals surface area contributed by atoms with Gasteiger partial charge in [0.25, 0.3) is 0 Å². The van der Waals surface area contributed by atoms with Crippen LogP contribution >= 0.6 is 0 Å². The van der Waals surface area contributed by atoms with E-state index in [4.69, 9.17) is 19.9 Å². The molecule has 1 fully saturated rings. The quantitative estimate of drug-likeness (QED) is 0.381. The standard InChI is InChI=1S/C27H29NO9/c1-12-24(31)18(28)8-22(36-12)37-20-10-27(34,21(30)11-29)9-13-6-16-17(7-15(13)20)26(33)23-14(25(16)32)4-3-5-19(23)35-2/h3-7,12,18,20,22,24,29,31,34H,8-11,28H2,1-2H3/t12?,18?,20-,22?,24?,27-/m0/s1. The molecule has 5 N–H and O–H groups in total. The lowest BCUT2D eigenvalue weighted by Gasteiger charge is -2.41. The molecule has 0 spiro atoms. The van der Waals surface area contributed by atoms with E-state index in [1.807, 2.05) is 0 Å². The van der Waals surface area contributed by atoms with Crippen LogP contribution in [0.25, 0.3) is 0 Å². The summed E-state index contributed by atoms with van der Waals surface area (Å²) in [4.78, 5) is 39.5. The first-order valence-electron chi connectivity index (χ1n) is 12.1. The number of hydrogen-bond donors (Lipinski definition) is 4. The van der Waals surface area contributed by atoms with Gasteiger partial charge in [-0.1, -0.05) is 12.1 Å². The number of nitrogens with two attached hydrogens (primary N) is 1. The lowest BCUT2D eigenvalue weighted by Crippen LogP contribution is -2.53. The van der Waals surface area contributed by atoms with Crippen LogP contribution in [0.5, 0.6) is 5.75 Å². The topological polar surface area (TPSA) is 166 Å². The third-order valence-electron chi connectivity index (χ3n) is 7.57. The molecule has 4 unspecified atom stereocenters.